The molecule has 0 aromatic carbocycles. The maximum atomic E-state index is 11.3. The number of nitrogens with zero attached hydrogens (tertiary/aromatic N) is 1. The minimum Gasteiger partial charge on any atom is -0.466 e. The predicted octanol–water partition coefficient (Wildman–Crippen LogP) is 1.15. The summed E-state index contributed by atoms with van der Waals surface area (Å²) in [5, 5.41) is 4.56. The van der Waals surface area contributed by atoms with Gasteiger partial charge in [-0.3, -0.25) is 9.59 Å². The van der Waals surface area contributed by atoms with E-state index >= 15 is 0 Å². The second-order valence-electron chi connectivity index (χ2n) is 3.54. The van der Waals surface area contributed by atoms with E-state index in [2.05, 4.69) is 10.3 Å². The molecule has 0 unspecified atom stereocenters. The third-order valence-corrected chi connectivity index (χ3v) is 2.66. The maximum Gasteiger partial charge on any atom is 0.306 e. The highest BCUT2D eigenvalue weighted by atomic mass is 32.1. The number of ether oxygens (including phenoxy) is 1. The van der Waals surface area contributed by atoms with Gasteiger partial charge in [0.05, 0.1) is 24.2 Å². The van der Waals surface area contributed by atoms with Crippen LogP contribution in [0.15, 0.2) is 10.9 Å². The Labute approximate surface area is 104 Å². The quantitative estimate of drug-likeness (QED) is 0.587. The highest BCUT2D eigenvalue weighted by Gasteiger charge is 2.04. The van der Waals surface area contributed by atoms with Gasteiger partial charge in [0.1, 0.15) is 0 Å². The van der Waals surface area contributed by atoms with Gasteiger partial charge < -0.3 is 10.1 Å². The van der Waals surface area contributed by atoms with Crippen molar-refractivity contribution >= 4 is 23.2 Å². The van der Waals surface area contributed by atoms with E-state index in [4.69, 9.17) is 4.74 Å². The average molecular weight is 256 g/mol. The van der Waals surface area contributed by atoms with Gasteiger partial charge in [-0.25, -0.2) is 4.98 Å². The molecule has 1 amide bonds. The number of nitrogens with one attached hydrogen (secondary N) is 1. The summed E-state index contributed by atoms with van der Waals surface area (Å²) in [6.07, 6.45) is 1.61. The average Bonchev–Trinajstić information content (AvgIpc) is 2.78. The number of aryl methyl sites for hydroxylation is 1. The summed E-state index contributed by atoms with van der Waals surface area (Å²) in [6, 6.07) is 0. The summed E-state index contributed by atoms with van der Waals surface area (Å²) in [7, 11) is 0. The third-order valence-electron chi connectivity index (χ3n) is 2.03. The van der Waals surface area contributed by atoms with Crippen LogP contribution in [-0.2, 0) is 20.7 Å². The maximum absolute atomic E-state index is 11.3. The summed E-state index contributed by atoms with van der Waals surface area (Å²) in [6.45, 7) is 2.34. The molecule has 6 heteroatoms. The van der Waals surface area contributed by atoms with Crippen molar-refractivity contribution in [1.29, 1.82) is 0 Å². The highest BCUT2D eigenvalue weighted by Crippen LogP contribution is 2.04. The molecular formula is C11H16N2O3S. The van der Waals surface area contributed by atoms with Crippen LogP contribution in [0.1, 0.15) is 25.5 Å². The minimum absolute atomic E-state index is 0.0696. The fourth-order valence-electron chi connectivity index (χ4n) is 1.19. The van der Waals surface area contributed by atoms with Crippen LogP contribution in [0.4, 0.5) is 0 Å². The molecule has 17 heavy (non-hydrogen) atoms. The molecule has 0 spiro atoms. The number of carbonyl (C=O) groups excluding carboxylic acids is 2. The monoisotopic (exact) mass is 256 g/mol. The van der Waals surface area contributed by atoms with E-state index in [1.807, 2.05) is 5.38 Å². The lowest BCUT2D eigenvalue weighted by molar-refractivity contribution is -0.143. The normalized spacial score (nSPS) is 9.94. The number of thiazole rings is 1. The van der Waals surface area contributed by atoms with Gasteiger partial charge in [0, 0.05) is 25.3 Å². The van der Waals surface area contributed by atoms with E-state index in [1.165, 1.54) is 18.3 Å². The molecule has 0 fully saturated rings. The third kappa shape index (κ3) is 6.68. The van der Waals surface area contributed by atoms with Crippen LogP contribution in [-0.4, -0.2) is 30.0 Å². The van der Waals surface area contributed by atoms with Gasteiger partial charge in [0.25, 0.3) is 0 Å². The van der Waals surface area contributed by atoms with Crippen molar-refractivity contribution in [2.45, 2.75) is 26.2 Å². The summed E-state index contributed by atoms with van der Waals surface area (Å²) >= 11 is 1.51. The van der Waals surface area contributed by atoms with Gasteiger partial charge in [0.15, 0.2) is 0 Å². The van der Waals surface area contributed by atoms with Crippen molar-refractivity contribution < 1.29 is 14.3 Å². The Hall–Kier alpha value is -1.43. The van der Waals surface area contributed by atoms with Crippen molar-refractivity contribution in [2.75, 3.05) is 13.2 Å². The molecule has 1 rings (SSSR count). The minimum atomic E-state index is -0.221. The number of rotatable bonds is 7. The van der Waals surface area contributed by atoms with E-state index in [0.29, 0.717) is 32.4 Å². The Morgan fingerprint density at radius 2 is 2.35 bits per heavy atom. The van der Waals surface area contributed by atoms with Gasteiger partial charge in [0.2, 0.25) is 5.91 Å². The summed E-state index contributed by atoms with van der Waals surface area (Å²) in [4.78, 5) is 25.9. The molecule has 0 atom stereocenters. The second-order valence-corrected chi connectivity index (χ2v) is 4.26. The Balaban J connectivity index is 2.00. The molecule has 0 saturated carbocycles. The molecule has 0 aliphatic heterocycles. The summed E-state index contributed by atoms with van der Waals surface area (Å²) in [5.74, 6) is -0.291. The smallest absolute Gasteiger partial charge is 0.306 e. The van der Waals surface area contributed by atoms with Crippen molar-refractivity contribution in [3.63, 3.8) is 0 Å². The number of hydrogen-bond acceptors (Lipinski definition) is 5. The van der Waals surface area contributed by atoms with Gasteiger partial charge in [-0.05, 0) is 6.42 Å². The van der Waals surface area contributed by atoms with Gasteiger partial charge in [-0.15, -0.1) is 11.3 Å². The Kier molecular flexibility index (Phi) is 6.24. The molecule has 1 aromatic heterocycles. The fourth-order valence-corrected chi connectivity index (χ4v) is 1.78. The SMILES string of the molecule is CC(=O)NCCCOC(=O)CCc1cscn1. The summed E-state index contributed by atoms with van der Waals surface area (Å²) in [5.41, 5.74) is 2.67. The van der Waals surface area contributed by atoms with E-state index in [-0.39, 0.29) is 11.9 Å². The van der Waals surface area contributed by atoms with Crippen LogP contribution < -0.4 is 5.32 Å². The molecule has 1 heterocycles. The van der Waals surface area contributed by atoms with Gasteiger partial charge >= 0.3 is 5.97 Å². The Morgan fingerprint density at radius 3 is 3.00 bits per heavy atom. The van der Waals surface area contributed by atoms with Crippen molar-refractivity contribution in [3.05, 3.63) is 16.6 Å². The van der Waals surface area contributed by atoms with Gasteiger partial charge in [-0.1, -0.05) is 0 Å². The first-order valence-corrected chi connectivity index (χ1v) is 6.40. The topological polar surface area (TPSA) is 68.3 Å². The highest BCUT2D eigenvalue weighted by molar-refractivity contribution is 7.07. The largest absolute Gasteiger partial charge is 0.466 e. The lowest BCUT2D eigenvalue weighted by Crippen LogP contribution is -2.22. The number of hydrogen-bond donors (Lipinski definition) is 1. The van der Waals surface area contributed by atoms with Crippen molar-refractivity contribution in [3.8, 4) is 0 Å². The molecule has 0 bridgehead atoms. The van der Waals surface area contributed by atoms with Crippen LogP contribution in [0.3, 0.4) is 0 Å². The molecule has 1 N–H and O–H groups in total. The molecular weight excluding hydrogens is 240 g/mol. The zero-order valence-electron chi connectivity index (χ0n) is 9.77. The predicted molar refractivity (Wildman–Crippen MR) is 64.7 cm³/mol. The fraction of sp³-hybridized carbons (Fsp3) is 0.545. The van der Waals surface area contributed by atoms with E-state index in [1.54, 1.807) is 5.51 Å². The zero-order chi connectivity index (χ0) is 12.5. The molecule has 0 aliphatic carbocycles. The molecule has 5 nitrogen and oxygen atoms in total. The van der Waals surface area contributed by atoms with E-state index in [0.717, 1.165) is 5.69 Å². The number of carbonyl (C=O) groups is 2. The van der Waals surface area contributed by atoms with Gasteiger partial charge in [-0.2, -0.15) is 0 Å². The first kappa shape index (κ1) is 13.6. The van der Waals surface area contributed by atoms with Crippen LogP contribution in [0, 0.1) is 0 Å². The zero-order valence-corrected chi connectivity index (χ0v) is 10.6. The lowest BCUT2D eigenvalue weighted by atomic mass is 10.2. The van der Waals surface area contributed by atoms with E-state index in [9.17, 15) is 9.59 Å². The Bertz CT molecular complexity index is 352. The van der Waals surface area contributed by atoms with Crippen LogP contribution in [0.5, 0.6) is 0 Å². The number of amides is 1. The first-order valence-electron chi connectivity index (χ1n) is 5.45. The lowest BCUT2D eigenvalue weighted by Gasteiger charge is -2.04. The molecule has 0 aliphatic rings. The number of aromatic nitrogens is 1. The first-order chi connectivity index (χ1) is 8.18. The van der Waals surface area contributed by atoms with E-state index < -0.39 is 0 Å². The van der Waals surface area contributed by atoms with Crippen LogP contribution in [0.2, 0.25) is 0 Å². The standard InChI is InChI=1S/C11H16N2O3S/c1-9(14)12-5-2-6-16-11(15)4-3-10-7-17-8-13-10/h7-8H,2-6H2,1H3,(H,12,14). The Morgan fingerprint density at radius 1 is 1.53 bits per heavy atom. The van der Waals surface area contributed by atoms with Crippen LogP contribution >= 0.6 is 11.3 Å². The van der Waals surface area contributed by atoms with Crippen LogP contribution in [0.25, 0.3) is 0 Å². The number of esters is 1. The molecule has 1 aromatic rings. The molecule has 94 valence electrons. The van der Waals surface area contributed by atoms with Crippen molar-refractivity contribution in [2.24, 2.45) is 0 Å². The summed E-state index contributed by atoms with van der Waals surface area (Å²) < 4.78 is 5.01. The molecule has 0 radical (unpaired) electrons. The molecule has 0 saturated heterocycles. The van der Waals surface area contributed by atoms with Crippen molar-refractivity contribution in [1.82, 2.24) is 10.3 Å². The second kappa shape index (κ2) is 7.78.